The van der Waals surface area contributed by atoms with Crippen LogP contribution in [0.5, 0.6) is 11.5 Å². The number of nitrogens with zero attached hydrogens (tertiary/aromatic N) is 4. The van der Waals surface area contributed by atoms with Crippen LogP contribution in [0.15, 0.2) is 85.1 Å². The number of ether oxygens (including phenoxy) is 1. The quantitative estimate of drug-likeness (QED) is 0.110. The van der Waals surface area contributed by atoms with Crippen molar-refractivity contribution in [2.45, 2.75) is 67.2 Å². The van der Waals surface area contributed by atoms with E-state index in [2.05, 4.69) is 118 Å². The summed E-state index contributed by atoms with van der Waals surface area (Å²) >= 11 is 0. The first-order chi connectivity index (χ1) is 22.9. The van der Waals surface area contributed by atoms with E-state index in [-0.39, 0.29) is 20.4 Å². The van der Waals surface area contributed by atoms with Gasteiger partial charge in [-0.2, -0.15) is 17.2 Å². The topological polar surface area (TPSA) is 44.9 Å². The van der Waals surface area contributed by atoms with E-state index in [1.54, 1.807) is 0 Å². The summed E-state index contributed by atoms with van der Waals surface area (Å²) in [7, 11) is 0. The second kappa shape index (κ2) is 13.9. The van der Waals surface area contributed by atoms with Crippen LogP contribution in [0.3, 0.4) is 0 Å². The van der Waals surface area contributed by atoms with E-state index in [1.807, 2.05) is 30.5 Å². The number of pyridine rings is 1. The molecule has 0 atom stereocenters. The molecule has 0 aliphatic heterocycles. The summed E-state index contributed by atoms with van der Waals surface area (Å²) in [4.78, 5) is 4.71. The fraction of sp³-hybridized carbons (Fsp3) is 0.238. The molecule has 0 amide bonds. The molecule has 0 aliphatic rings. The van der Waals surface area contributed by atoms with E-state index in [0.717, 1.165) is 70.3 Å². The number of hydrogen-bond acceptors (Lipinski definition) is 3. The molecule has 7 aromatic rings. The molecule has 0 radical (unpaired) electrons. The summed E-state index contributed by atoms with van der Waals surface area (Å²) in [5, 5.41) is 7.46. The molecular formula is C42H40N4OPd. The minimum atomic E-state index is 0. The Morgan fingerprint density at radius 2 is 1.54 bits per heavy atom. The summed E-state index contributed by atoms with van der Waals surface area (Å²) in [5.41, 5.74) is 13.1. The fourth-order valence-electron chi connectivity index (χ4n) is 6.98. The van der Waals surface area contributed by atoms with Crippen molar-refractivity contribution in [3.63, 3.8) is 0 Å². The van der Waals surface area contributed by atoms with E-state index in [1.165, 1.54) is 33.5 Å². The number of fused-ring (bicyclic) bond motifs is 3. The molecular weight excluding hydrogens is 683 g/mol. The van der Waals surface area contributed by atoms with Crippen LogP contribution < -0.4 is 4.74 Å². The average molecular weight is 723 g/mol. The molecule has 0 spiro atoms. The Kier molecular flexibility index (Phi) is 9.69. The van der Waals surface area contributed by atoms with Gasteiger partial charge in [0.2, 0.25) is 0 Å². The molecule has 0 N–H and O–H groups in total. The minimum Gasteiger partial charge on any atom is -0.509 e. The van der Waals surface area contributed by atoms with Crippen LogP contribution in [0.1, 0.15) is 61.3 Å². The first-order valence-corrected chi connectivity index (χ1v) is 16.8. The van der Waals surface area contributed by atoms with Crippen molar-refractivity contribution >= 4 is 21.8 Å². The van der Waals surface area contributed by atoms with Gasteiger partial charge in [-0.05, 0) is 96.6 Å². The van der Waals surface area contributed by atoms with Crippen LogP contribution in [-0.2, 0) is 46.1 Å². The maximum absolute atomic E-state index is 6.48. The molecule has 4 aromatic carbocycles. The predicted molar refractivity (Wildman–Crippen MR) is 192 cm³/mol. The van der Waals surface area contributed by atoms with Crippen molar-refractivity contribution in [2.24, 2.45) is 0 Å². The van der Waals surface area contributed by atoms with Crippen molar-refractivity contribution in [1.82, 2.24) is 19.3 Å². The van der Waals surface area contributed by atoms with Crippen molar-refractivity contribution in [3.8, 4) is 34.1 Å². The molecule has 0 saturated heterocycles. The van der Waals surface area contributed by atoms with Gasteiger partial charge in [0.25, 0.3) is 0 Å². The van der Waals surface area contributed by atoms with Crippen LogP contribution in [0.2, 0.25) is 0 Å². The fourth-order valence-corrected chi connectivity index (χ4v) is 6.98. The number of para-hydroxylation sites is 1. The van der Waals surface area contributed by atoms with Gasteiger partial charge < -0.3 is 9.30 Å². The Hall–Kier alpha value is -4.50. The normalized spacial score (nSPS) is 11.3. The monoisotopic (exact) mass is 722 g/mol. The van der Waals surface area contributed by atoms with Gasteiger partial charge in [-0.3, -0.25) is 4.68 Å². The zero-order valence-corrected chi connectivity index (χ0v) is 30.0. The molecule has 0 aliphatic carbocycles. The second-order valence-corrected chi connectivity index (χ2v) is 12.1. The molecule has 3 heterocycles. The predicted octanol–water partition coefficient (Wildman–Crippen LogP) is 10.3. The second-order valence-electron chi connectivity index (χ2n) is 12.1. The van der Waals surface area contributed by atoms with E-state index in [4.69, 9.17) is 14.8 Å². The number of rotatable bonds is 9. The van der Waals surface area contributed by atoms with Gasteiger partial charge in [-0.25, -0.2) is 4.98 Å². The number of aryl methyl sites for hydroxylation is 4. The van der Waals surface area contributed by atoms with Crippen molar-refractivity contribution < 1.29 is 25.2 Å². The van der Waals surface area contributed by atoms with Crippen LogP contribution >= 0.6 is 0 Å². The molecule has 48 heavy (non-hydrogen) atoms. The summed E-state index contributed by atoms with van der Waals surface area (Å²) in [6.07, 6.45) is 5.53. The zero-order valence-electron chi connectivity index (χ0n) is 28.4. The number of benzene rings is 4. The van der Waals surface area contributed by atoms with Gasteiger partial charge in [0.1, 0.15) is 5.82 Å². The van der Waals surface area contributed by atoms with Crippen LogP contribution in [-0.4, -0.2) is 19.3 Å². The van der Waals surface area contributed by atoms with Gasteiger partial charge in [0.05, 0.1) is 5.69 Å². The van der Waals surface area contributed by atoms with E-state index in [0.29, 0.717) is 11.5 Å². The Balaban J connectivity index is 0.00000401. The Morgan fingerprint density at radius 1 is 0.729 bits per heavy atom. The zero-order chi connectivity index (χ0) is 32.7. The SMILES string of the molecule is CCc1ccc(C)c(CC)c1-c1c(CC)nn(-c2[c-]c(Oc3[c-]c4c(cc3)c3ccccc3n4-c3cc(C)ccn3)ccc2)c1CC.[Pd+2]. The van der Waals surface area contributed by atoms with Crippen molar-refractivity contribution in [1.29, 1.82) is 0 Å². The molecule has 0 bridgehead atoms. The van der Waals surface area contributed by atoms with Gasteiger partial charge >= 0.3 is 20.4 Å². The summed E-state index contributed by atoms with van der Waals surface area (Å²) in [6.45, 7) is 13.2. The average Bonchev–Trinajstić information content (AvgIpc) is 3.63. The van der Waals surface area contributed by atoms with Gasteiger partial charge in [-0.1, -0.05) is 63.5 Å². The van der Waals surface area contributed by atoms with Crippen LogP contribution in [0, 0.1) is 26.0 Å². The third-order valence-corrected chi connectivity index (χ3v) is 9.23. The van der Waals surface area contributed by atoms with Gasteiger partial charge in [-0.15, -0.1) is 35.7 Å². The maximum Gasteiger partial charge on any atom is 2.00 e. The van der Waals surface area contributed by atoms with E-state index in [9.17, 15) is 0 Å². The van der Waals surface area contributed by atoms with Crippen LogP contribution in [0.25, 0.3) is 44.4 Å². The Labute approximate surface area is 297 Å². The first kappa shape index (κ1) is 33.4. The molecule has 5 nitrogen and oxygen atoms in total. The largest absolute Gasteiger partial charge is 2.00 e. The van der Waals surface area contributed by atoms with Crippen molar-refractivity contribution in [3.05, 3.63) is 131 Å². The summed E-state index contributed by atoms with van der Waals surface area (Å²) in [6, 6.07) is 34.3. The minimum absolute atomic E-state index is 0. The summed E-state index contributed by atoms with van der Waals surface area (Å²) in [5.74, 6) is 2.09. The molecule has 7 rings (SSSR count). The van der Waals surface area contributed by atoms with Crippen molar-refractivity contribution in [2.75, 3.05) is 0 Å². The number of hydrogen-bond donors (Lipinski definition) is 0. The first-order valence-electron chi connectivity index (χ1n) is 16.8. The van der Waals surface area contributed by atoms with Crippen LogP contribution in [0.4, 0.5) is 0 Å². The van der Waals surface area contributed by atoms with Gasteiger partial charge in [0, 0.05) is 34.5 Å². The Bertz CT molecular complexity index is 2260. The molecule has 0 fully saturated rings. The third kappa shape index (κ3) is 5.78. The van der Waals surface area contributed by atoms with E-state index < -0.39 is 0 Å². The molecule has 3 aromatic heterocycles. The third-order valence-electron chi connectivity index (χ3n) is 9.23. The molecule has 0 saturated carbocycles. The molecule has 6 heteroatoms. The van der Waals surface area contributed by atoms with Gasteiger partial charge in [0.15, 0.2) is 0 Å². The number of aromatic nitrogens is 4. The standard InChI is InChI=1S/C42H40N4O.Pd/c1-7-29-19-18-28(6)33(8-2)41(29)42-36(9-3)44-46(37(42)10-4)30-14-13-15-31(25-30)47-32-20-21-35-34-16-11-12-17-38(34)45(39(35)26-32)40-24-27(5)22-23-43-40;/h11-24H,7-10H2,1-6H3;/q-2;+2. The smallest absolute Gasteiger partial charge is 0.509 e. The Morgan fingerprint density at radius 3 is 2.29 bits per heavy atom. The van der Waals surface area contributed by atoms with E-state index >= 15 is 0 Å². The molecule has 0 unspecified atom stereocenters. The summed E-state index contributed by atoms with van der Waals surface area (Å²) < 4.78 is 10.7. The maximum atomic E-state index is 6.48. The molecule has 244 valence electrons.